The number of thiol groups is 1. The molecule has 1 aliphatic rings. The molecule has 0 fully saturated rings. The summed E-state index contributed by atoms with van der Waals surface area (Å²) in [5.41, 5.74) is 4.25. The molecule has 120 valence electrons. The van der Waals surface area contributed by atoms with Crippen LogP contribution >= 0.6 is 12.9 Å². The lowest BCUT2D eigenvalue weighted by Crippen LogP contribution is -2.40. The first-order valence-electron chi connectivity index (χ1n) is 7.47. The van der Waals surface area contributed by atoms with Crippen LogP contribution < -0.4 is 5.32 Å². The molecular formula is C17H19N3O2S. The SMILES string of the molecule is CCC1(C)OC(OS)Nc2ccc(-c3ccc(C#N)n3C)cc21. The number of nitrogens with zero attached hydrogens (tertiary/aromatic N) is 2. The Kier molecular flexibility index (Phi) is 4.11. The molecule has 0 spiro atoms. The van der Waals surface area contributed by atoms with Crippen LogP contribution in [0.4, 0.5) is 5.69 Å². The highest BCUT2D eigenvalue weighted by Gasteiger charge is 2.36. The number of nitrogens with one attached hydrogen (secondary N) is 1. The minimum atomic E-state index is -0.582. The molecule has 2 unspecified atom stereocenters. The average molecular weight is 329 g/mol. The van der Waals surface area contributed by atoms with Crippen molar-refractivity contribution in [3.8, 4) is 17.3 Å². The number of benzene rings is 1. The molecule has 1 aromatic heterocycles. The van der Waals surface area contributed by atoms with Gasteiger partial charge in [-0.15, -0.1) is 0 Å². The van der Waals surface area contributed by atoms with Crippen molar-refractivity contribution in [1.82, 2.24) is 4.57 Å². The van der Waals surface area contributed by atoms with Gasteiger partial charge in [0.2, 0.25) is 6.41 Å². The van der Waals surface area contributed by atoms with E-state index in [9.17, 15) is 0 Å². The summed E-state index contributed by atoms with van der Waals surface area (Å²) in [6, 6.07) is 12.1. The molecule has 3 rings (SSSR count). The molecule has 2 aromatic rings. The van der Waals surface area contributed by atoms with Crippen LogP contribution in [-0.2, 0) is 21.6 Å². The van der Waals surface area contributed by atoms with E-state index in [1.165, 1.54) is 0 Å². The van der Waals surface area contributed by atoms with Crippen LogP contribution in [0.3, 0.4) is 0 Å². The zero-order valence-electron chi connectivity index (χ0n) is 13.3. The van der Waals surface area contributed by atoms with Crippen molar-refractivity contribution in [2.24, 2.45) is 7.05 Å². The summed E-state index contributed by atoms with van der Waals surface area (Å²) >= 11 is 3.85. The van der Waals surface area contributed by atoms with Gasteiger partial charge in [-0.1, -0.05) is 13.0 Å². The van der Waals surface area contributed by atoms with Crippen LogP contribution in [0, 0.1) is 11.3 Å². The summed E-state index contributed by atoms with van der Waals surface area (Å²) in [7, 11) is 1.89. The van der Waals surface area contributed by atoms with E-state index in [2.05, 4.69) is 37.3 Å². The predicted molar refractivity (Wildman–Crippen MR) is 91.8 cm³/mol. The molecule has 0 amide bonds. The molecule has 0 aliphatic carbocycles. The molecule has 1 aromatic carbocycles. The molecule has 0 radical (unpaired) electrons. The maximum absolute atomic E-state index is 9.13. The Hall–Kier alpha value is -1.94. The molecule has 0 bridgehead atoms. The number of hydrogen-bond donors (Lipinski definition) is 2. The number of aromatic nitrogens is 1. The first-order valence-corrected chi connectivity index (χ1v) is 7.84. The van der Waals surface area contributed by atoms with Gasteiger partial charge in [-0.25, -0.2) is 0 Å². The number of hydrogen-bond acceptors (Lipinski definition) is 5. The van der Waals surface area contributed by atoms with Gasteiger partial charge in [0.25, 0.3) is 0 Å². The Labute approximate surface area is 141 Å². The Balaban J connectivity index is 2.10. The lowest BCUT2D eigenvalue weighted by Gasteiger charge is -2.39. The quantitative estimate of drug-likeness (QED) is 0.665. The fourth-order valence-corrected chi connectivity index (χ4v) is 3.05. The van der Waals surface area contributed by atoms with Crippen LogP contribution in [0.25, 0.3) is 11.3 Å². The highest BCUT2D eigenvalue weighted by Crippen LogP contribution is 2.41. The van der Waals surface area contributed by atoms with Crippen molar-refractivity contribution in [3.05, 3.63) is 41.6 Å². The van der Waals surface area contributed by atoms with E-state index in [4.69, 9.17) is 14.2 Å². The van der Waals surface area contributed by atoms with Gasteiger partial charge in [-0.2, -0.15) is 5.26 Å². The van der Waals surface area contributed by atoms with E-state index in [0.29, 0.717) is 5.69 Å². The van der Waals surface area contributed by atoms with E-state index in [-0.39, 0.29) is 0 Å². The standard InChI is InChI=1S/C17H19N3O2S/c1-4-17(2)13-9-11(15-8-6-12(10-18)20(15)3)5-7-14(13)19-16(21-17)22-23/h5-9,16,19,23H,4H2,1-3H3. The molecule has 0 saturated heterocycles. The Morgan fingerprint density at radius 1 is 1.43 bits per heavy atom. The summed E-state index contributed by atoms with van der Waals surface area (Å²) in [6.45, 7) is 4.12. The van der Waals surface area contributed by atoms with Gasteiger partial charge in [0.05, 0.1) is 5.60 Å². The highest BCUT2D eigenvalue weighted by molar-refractivity contribution is 7.75. The van der Waals surface area contributed by atoms with E-state index >= 15 is 0 Å². The van der Waals surface area contributed by atoms with Crippen LogP contribution in [0.2, 0.25) is 0 Å². The number of rotatable bonds is 3. The Bertz CT molecular complexity index is 781. The maximum Gasteiger partial charge on any atom is 0.250 e. The number of nitriles is 1. The lowest BCUT2D eigenvalue weighted by atomic mass is 9.88. The monoisotopic (exact) mass is 329 g/mol. The van der Waals surface area contributed by atoms with Crippen LogP contribution in [0.1, 0.15) is 31.5 Å². The third-order valence-corrected chi connectivity index (χ3v) is 4.72. The molecule has 2 atom stereocenters. The first-order chi connectivity index (χ1) is 11.0. The third-order valence-electron chi connectivity index (χ3n) is 4.53. The predicted octanol–water partition coefficient (Wildman–Crippen LogP) is 3.78. The van der Waals surface area contributed by atoms with Crippen molar-refractivity contribution in [1.29, 1.82) is 5.26 Å². The summed E-state index contributed by atoms with van der Waals surface area (Å²) in [5, 5.41) is 12.3. The number of fused-ring (bicyclic) bond motifs is 1. The second-order valence-corrected chi connectivity index (χ2v) is 6.03. The molecule has 2 heterocycles. The molecule has 6 heteroatoms. The molecule has 1 aliphatic heterocycles. The van der Waals surface area contributed by atoms with Crippen molar-refractivity contribution >= 4 is 18.6 Å². The summed E-state index contributed by atoms with van der Waals surface area (Å²) in [4.78, 5) is 0. The van der Waals surface area contributed by atoms with Gasteiger partial charge < -0.3 is 14.6 Å². The molecule has 0 saturated carbocycles. The molecule has 5 nitrogen and oxygen atoms in total. The summed E-state index contributed by atoms with van der Waals surface area (Å²) in [6.07, 6.45) is 0.219. The van der Waals surface area contributed by atoms with Gasteiger partial charge in [0.15, 0.2) is 0 Å². The zero-order valence-corrected chi connectivity index (χ0v) is 14.2. The minimum Gasteiger partial charge on any atom is -0.336 e. The fraction of sp³-hybridized carbons (Fsp3) is 0.353. The molecule has 1 N–H and O–H groups in total. The highest BCUT2D eigenvalue weighted by atomic mass is 32.1. The maximum atomic E-state index is 9.13. The van der Waals surface area contributed by atoms with Crippen LogP contribution in [0.15, 0.2) is 30.3 Å². The summed E-state index contributed by atoms with van der Waals surface area (Å²) in [5.74, 6) is 0. The Morgan fingerprint density at radius 3 is 2.83 bits per heavy atom. The smallest absolute Gasteiger partial charge is 0.250 e. The van der Waals surface area contributed by atoms with E-state index in [0.717, 1.165) is 28.9 Å². The number of ether oxygens (including phenoxy) is 1. The van der Waals surface area contributed by atoms with E-state index < -0.39 is 12.0 Å². The molecular weight excluding hydrogens is 310 g/mol. The minimum absolute atomic E-state index is 0.465. The fourth-order valence-electron chi connectivity index (χ4n) is 2.96. The van der Waals surface area contributed by atoms with Gasteiger partial charge in [-0.3, -0.25) is 4.18 Å². The molecule has 23 heavy (non-hydrogen) atoms. The normalized spacial score (nSPS) is 23.0. The van der Waals surface area contributed by atoms with Crippen molar-refractivity contribution in [3.63, 3.8) is 0 Å². The number of anilines is 1. The second kappa shape index (κ2) is 5.93. The largest absolute Gasteiger partial charge is 0.336 e. The zero-order chi connectivity index (χ0) is 16.6. The third kappa shape index (κ3) is 2.61. The first kappa shape index (κ1) is 15.9. The Morgan fingerprint density at radius 2 is 2.22 bits per heavy atom. The van der Waals surface area contributed by atoms with E-state index in [1.807, 2.05) is 42.8 Å². The van der Waals surface area contributed by atoms with Crippen LogP contribution in [0.5, 0.6) is 0 Å². The van der Waals surface area contributed by atoms with Gasteiger partial charge in [0.1, 0.15) is 11.8 Å². The lowest BCUT2D eigenvalue weighted by molar-refractivity contribution is -0.156. The van der Waals surface area contributed by atoms with Gasteiger partial charge in [0, 0.05) is 24.0 Å². The average Bonchev–Trinajstić information content (AvgIpc) is 2.95. The second-order valence-electron chi connectivity index (χ2n) is 5.82. The van der Waals surface area contributed by atoms with E-state index in [1.54, 1.807) is 0 Å². The summed E-state index contributed by atoms with van der Waals surface area (Å²) < 4.78 is 12.9. The van der Waals surface area contributed by atoms with Crippen molar-refractivity contribution in [2.45, 2.75) is 32.3 Å². The van der Waals surface area contributed by atoms with Crippen LogP contribution in [-0.4, -0.2) is 11.0 Å². The van der Waals surface area contributed by atoms with Gasteiger partial charge in [-0.05, 0) is 56.1 Å². The van der Waals surface area contributed by atoms with Crippen molar-refractivity contribution in [2.75, 3.05) is 5.32 Å². The van der Waals surface area contributed by atoms with Gasteiger partial charge >= 0.3 is 0 Å². The van der Waals surface area contributed by atoms with Crippen molar-refractivity contribution < 1.29 is 8.92 Å². The topological polar surface area (TPSA) is 59.2 Å².